The molecule has 1 N–H and O–H groups in total. The number of rotatable bonds is 5. The van der Waals surface area contributed by atoms with Crippen LogP contribution in [-0.4, -0.2) is 53.6 Å². The summed E-state index contributed by atoms with van der Waals surface area (Å²) in [5.74, 6) is 1.12. The van der Waals surface area contributed by atoms with Gasteiger partial charge in [0.05, 0.1) is 18.8 Å². The van der Waals surface area contributed by atoms with Crippen LogP contribution in [0.4, 0.5) is 5.69 Å². The number of aromatic nitrogens is 2. The van der Waals surface area contributed by atoms with Gasteiger partial charge in [-0.1, -0.05) is 36.4 Å². The highest BCUT2D eigenvalue weighted by Gasteiger charge is 2.22. The molecule has 0 saturated carbocycles. The number of ether oxygens (including phenoxy) is 1. The summed E-state index contributed by atoms with van der Waals surface area (Å²) in [4.78, 5) is 23.9. The van der Waals surface area contributed by atoms with Crippen LogP contribution in [0.3, 0.4) is 0 Å². The molecule has 0 bridgehead atoms. The molecular weight excluding hydrogens is 400 g/mol. The molecule has 1 aliphatic carbocycles. The molecule has 2 aliphatic rings. The molecule has 2 heterocycles. The van der Waals surface area contributed by atoms with E-state index in [1.54, 1.807) is 12.4 Å². The van der Waals surface area contributed by atoms with Crippen LogP contribution in [0.2, 0.25) is 0 Å². The fraction of sp³-hybridized carbons (Fsp3) is 0.346. The number of morpholine rings is 1. The Labute approximate surface area is 188 Å². The number of hydrogen-bond acceptors (Lipinski definition) is 5. The molecule has 1 saturated heterocycles. The maximum Gasteiger partial charge on any atom is 0.258 e. The minimum atomic E-state index is -0.189. The van der Waals surface area contributed by atoms with Gasteiger partial charge in [0, 0.05) is 43.3 Å². The average Bonchev–Trinajstić information content (AvgIpc) is 2.85. The van der Waals surface area contributed by atoms with Gasteiger partial charge in [-0.25, -0.2) is 9.97 Å². The number of hydrogen-bond donors (Lipinski definition) is 1. The zero-order valence-corrected chi connectivity index (χ0v) is 18.2. The molecule has 6 heteroatoms. The predicted octanol–water partition coefficient (Wildman–Crippen LogP) is 3.83. The summed E-state index contributed by atoms with van der Waals surface area (Å²) in [5.41, 5.74) is 4.96. The van der Waals surface area contributed by atoms with Gasteiger partial charge in [-0.3, -0.25) is 9.69 Å². The number of benzene rings is 2. The van der Waals surface area contributed by atoms with E-state index >= 15 is 0 Å². The van der Waals surface area contributed by atoms with Crippen LogP contribution in [0.5, 0.6) is 0 Å². The van der Waals surface area contributed by atoms with E-state index in [0.717, 1.165) is 56.9 Å². The molecule has 1 fully saturated rings. The van der Waals surface area contributed by atoms with Gasteiger partial charge in [0.2, 0.25) is 0 Å². The molecule has 32 heavy (non-hydrogen) atoms. The Bertz CT molecular complexity index is 1060. The van der Waals surface area contributed by atoms with E-state index < -0.39 is 0 Å². The second kappa shape index (κ2) is 9.59. The fourth-order valence-corrected chi connectivity index (χ4v) is 4.60. The molecule has 6 nitrogen and oxygen atoms in total. The molecule has 1 unspecified atom stereocenters. The molecule has 0 spiro atoms. The Morgan fingerprint density at radius 3 is 2.59 bits per heavy atom. The lowest BCUT2D eigenvalue weighted by molar-refractivity contribution is 0.0297. The topological polar surface area (TPSA) is 67.4 Å². The minimum absolute atomic E-state index is 0.189. The van der Waals surface area contributed by atoms with E-state index in [1.165, 1.54) is 17.5 Å². The zero-order valence-electron chi connectivity index (χ0n) is 18.2. The van der Waals surface area contributed by atoms with E-state index in [9.17, 15) is 4.79 Å². The normalized spacial score (nSPS) is 18.7. The first-order chi connectivity index (χ1) is 15.7. The van der Waals surface area contributed by atoms with Gasteiger partial charge in [0.25, 0.3) is 5.91 Å². The summed E-state index contributed by atoms with van der Waals surface area (Å²) in [6.45, 7) is 4.95. The zero-order chi connectivity index (χ0) is 21.8. The van der Waals surface area contributed by atoms with Gasteiger partial charge in [-0.2, -0.15) is 0 Å². The largest absolute Gasteiger partial charge is 0.379 e. The molecule has 0 radical (unpaired) electrons. The van der Waals surface area contributed by atoms with Crippen LogP contribution < -0.4 is 5.32 Å². The van der Waals surface area contributed by atoms with E-state index in [4.69, 9.17) is 4.74 Å². The van der Waals surface area contributed by atoms with Gasteiger partial charge in [0.1, 0.15) is 0 Å². The second-order valence-electron chi connectivity index (χ2n) is 8.62. The summed E-state index contributed by atoms with van der Waals surface area (Å²) in [7, 11) is 0. The highest BCUT2D eigenvalue weighted by atomic mass is 16.5. The quantitative estimate of drug-likeness (QED) is 0.669. The monoisotopic (exact) mass is 428 g/mol. The average molecular weight is 429 g/mol. The Kier molecular flexibility index (Phi) is 6.23. The SMILES string of the molecule is O=C(Nc1ccc2c(c1)CCC(CN1CCOCC1)C2)c1cnc(-c2ccccc2)nc1. The van der Waals surface area contributed by atoms with Crippen molar-refractivity contribution in [2.24, 2.45) is 5.92 Å². The standard InChI is InChI=1S/C26H28N4O2/c31-26(23-16-27-25(28-17-23)20-4-2-1-3-5-20)29-24-9-8-21-14-19(6-7-22(21)15-24)18-30-10-12-32-13-11-30/h1-5,8-9,15-17,19H,6-7,10-14,18H2,(H,29,31). The number of aryl methyl sites for hydroxylation is 1. The van der Waals surface area contributed by atoms with Crippen molar-refractivity contribution < 1.29 is 9.53 Å². The third-order valence-corrected chi connectivity index (χ3v) is 6.36. The first-order valence-corrected chi connectivity index (χ1v) is 11.4. The number of carbonyl (C=O) groups is 1. The fourth-order valence-electron chi connectivity index (χ4n) is 4.60. The van der Waals surface area contributed by atoms with E-state index in [-0.39, 0.29) is 5.91 Å². The highest BCUT2D eigenvalue weighted by molar-refractivity contribution is 6.04. The van der Waals surface area contributed by atoms with Crippen molar-refractivity contribution in [3.05, 3.63) is 77.6 Å². The Morgan fingerprint density at radius 2 is 1.81 bits per heavy atom. The summed E-state index contributed by atoms with van der Waals surface area (Å²) >= 11 is 0. The molecule has 3 aromatic rings. The van der Waals surface area contributed by atoms with Gasteiger partial charge in [-0.15, -0.1) is 0 Å². The second-order valence-corrected chi connectivity index (χ2v) is 8.62. The van der Waals surface area contributed by atoms with Crippen LogP contribution in [-0.2, 0) is 17.6 Å². The van der Waals surface area contributed by atoms with Crippen molar-refractivity contribution in [1.82, 2.24) is 14.9 Å². The van der Waals surface area contributed by atoms with Crippen LogP contribution in [0, 0.1) is 5.92 Å². The molecule has 5 rings (SSSR count). The predicted molar refractivity (Wildman–Crippen MR) is 125 cm³/mol. The van der Waals surface area contributed by atoms with Crippen molar-refractivity contribution in [2.45, 2.75) is 19.3 Å². The maximum atomic E-state index is 12.7. The Balaban J connectivity index is 1.20. The number of anilines is 1. The number of amides is 1. The summed E-state index contributed by atoms with van der Waals surface area (Å²) in [5, 5.41) is 3.00. The van der Waals surface area contributed by atoms with Crippen molar-refractivity contribution in [3.8, 4) is 11.4 Å². The third-order valence-electron chi connectivity index (χ3n) is 6.36. The molecule has 1 amide bonds. The van der Waals surface area contributed by atoms with Gasteiger partial charge >= 0.3 is 0 Å². The van der Waals surface area contributed by atoms with Crippen molar-refractivity contribution in [2.75, 3.05) is 38.2 Å². The van der Waals surface area contributed by atoms with Crippen molar-refractivity contribution in [1.29, 1.82) is 0 Å². The highest BCUT2D eigenvalue weighted by Crippen LogP contribution is 2.29. The van der Waals surface area contributed by atoms with Crippen LogP contribution >= 0.6 is 0 Å². The first kappa shape index (κ1) is 20.8. The molecule has 1 aliphatic heterocycles. The molecule has 164 valence electrons. The van der Waals surface area contributed by atoms with Crippen LogP contribution in [0.1, 0.15) is 27.9 Å². The lowest BCUT2D eigenvalue weighted by Gasteiger charge is -2.33. The van der Waals surface area contributed by atoms with E-state index in [0.29, 0.717) is 17.3 Å². The van der Waals surface area contributed by atoms with Gasteiger partial charge in [-0.05, 0) is 48.4 Å². The molecule has 1 aromatic heterocycles. The van der Waals surface area contributed by atoms with Gasteiger partial charge < -0.3 is 10.1 Å². The molecular formula is C26H28N4O2. The number of fused-ring (bicyclic) bond motifs is 1. The van der Waals surface area contributed by atoms with E-state index in [1.807, 2.05) is 36.4 Å². The third kappa shape index (κ3) is 4.87. The Morgan fingerprint density at radius 1 is 1.03 bits per heavy atom. The first-order valence-electron chi connectivity index (χ1n) is 11.4. The van der Waals surface area contributed by atoms with Gasteiger partial charge in [0.15, 0.2) is 5.82 Å². The van der Waals surface area contributed by atoms with Crippen molar-refractivity contribution in [3.63, 3.8) is 0 Å². The van der Waals surface area contributed by atoms with Crippen LogP contribution in [0.25, 0.3) is 11.4 Å². The summed E-state index contributed by atoms with van der Waals surface area (Å²) < 4.78 is 5.46. The van der Waals surface area contributed by atoms with E-state index in [2.05, 4.69) is 32.3 Å². The number of carbonyl (C=O) groups excluding carboxylic acids is 1. The smallest absolute Gasteiger partial charge is 0.258 e. The van der Waals surface area contributed by atoms with Crippen LogP contribution in [0.15, 0.2) is 60.9 Å². The number of nitrogens with zero attached hydrogens (tertiary/aromatic N) is 3. The Hall–Kier alpha value is -3.09. The molecule has 1 atom stereocenters. The van der Waals surface area contributed by atoms with Crippen molar-refractivity contribution >= 4 is 11.6 Å². The summed E-state index contributed by atoms with van der Waals surface area (Å²) in [6, 6.07) is 16.0. The summed E-state index contributed by atoms with van der Waals surface area (Å²) in [6.07, 6.45) is 6.52. The lowest BCUT2D eigenvalue weighted by atomic mass is 9.83. The lowest BCUT2D eigenvalue weighted by Crippen LogP contribution is -2.40. The number of nitrogens with one attached hydrogen (secondary N) is 1. The molecule has 2 aromatic carbocycles. The maximum absolute atomic E-state index is 12.7. The minimum Gasteiger partial charge on any atom is -0.379 e.